The molecule has 0 atom stereocenters. The highest BCUT2D eigenvalue weighted by molar-refractivity contribution is 5.31. The van der Waals surface area contributed by atoms with Gasteiger partial charge < -0.3 is 4.74 Å². The number of ether oxygens (including phenoxy) is 1. The van der Waals surface area contributed by atoms with Gasteiger partial charge in [-0.1, -0.05) is 38.7 Å². The molecular weight excluding hydrogens is 356 g/mol. The fraction of sp³-hybridized carbons (Fsp3) is 0.727. The first-order valence-electron chi connectivity index (χ1n) is 10.4. The van der Waals surface area contributed by atoms with Gasteiger partial charge in [-0.15, -0.1) is 0 Å². The van der Waals surface area contributed by atoms with E-state index in [1.54, 1.807) is 0 Å². The molecule has 27 heavy (non-hydrogen) atoms. The number of hydrogen-bond donors (Lipinski definition) is 0. The van der Waals surface area contributed by atoms with Gasteiger partial charge in [0.05, 0.1) is 0 Å². The summed E-state index contributed by atoms with van der Waals surface area (Å²) in [6.45, 7) is -0.811. The lowest BCUT2D eigenvalue weighted by Crippen LogP contribution is -2.25. The van der Waals surface area contributed by atoms with E-state index >= 15 is 0 Å². The van der Waals surface area contributed by atoms with Crippen LogP contribution in [0.5, 0.6) is 5.75 Å². The van der Waals surface area contributed by atoms with Crippen LogP contribution >= 0.6 is 0 Å². The molecule has 1 nitrogen and oxygen atoms in total. The molecule has 0 saturated heterocycles. The molecule has 0 radical (unpaired) electrons. The summed E-state index contributed by atoms with van der Waals surface area (Å²) in [4.78, 5) is 0. The molecule has 0 bridgehead atoms. The Hall–Kier alpha value is -1.26. The average Bonchev–Trinajstić information content (AvgIpc) is 2.66. The van der Waals surface area contributed by atoms with Gasteiger partial charge in [0.15, 0.2) is 11.6 Å². The minimum Gasteiger partial charge on any atom is -0.432 e. The van der Waals surface area contributed by atoms with Crippen LogP contribution in [0, 0.1) is 35.3 Å². The number of hydrogen-bond acceptors (Lipinski definition) is 1. The molecule has 0 unspecified atom stereocenters. The lowest BCUT2D eigenvalue weighted by molar-refractivity contribution is -0.0525. The van der Waals surface area contributed by atoms with Gasteiger partial charge in [-0.2, -0.15) is 13.2 Å². The van der Waals surface area contributed by atoms with E-state index < -0.39 is 24.0 Å². The Balaban J connectivity index is 1.47. The van der Waals surface area contributed by atoms with Crippen molar-refractivity contribution in [1.82, 2.24) is 0 Å². The smallest absolute Gasteiger partial charge is 0.387 e. The Morgan fingerprint density at radius 1 is 0.889 bits per heavy atom. The molecule has 1 aromatic carbocycles. The highest BCUT2D eigenvalue weighted by Crippen LogP contribution is 2.42. The van der Waals surface area contributed by atoms with E-state index in [1.165, 1.54) is 44.6 Å². The van der Waals surface area contributed by atoms with E-state index in [9.17, 15) is 17.6 Å². The first-order valence-corrected chi connectivity index (χ1v) is 10.4. The van der Waals surface area contributed by atoms with Crippen molar-refractivity contribution in [3.05, 3.63) is 29.3 Å². The van der Waals surface area contributed by atoms with E-state index in [0.717, 1.165) is 43.1 Å². The molecule has 1 aromatic rings. The molecule has 2 saturated carbocycles. The maximum atomic E-state index is 14.1. The van der Waals surface area contributed by atoms with E-state index in [-0.39, 0.29) is 5.56 Å². The Morgan fingerprint density at radius 2 is 1.48 bits per heavy atom. The number of aryl methyl sites for hydroxylation is 1. The molecule has 0 amide bonds. The van der Waals surface area contributed by atoms with Crippen LogP contribution in [-0.4, -0.2) is 6.61 Å². The fourth-order valence-corrected chi connectivity index (χ4v) is 5.02. The van der Waals surface area contributed by atoms with Crippen LogP contribution in [0.1, 0.15) is 70.3 Å². The molecular formula is C22H30F4O. The summed E-state index contributed by atoms with van der Waals surface area (Å²) < 4.78 is 56.3. The number of rotatable bonds is 6. The van der Waals surface area contributed by atoms with Crippen molar-refractivity contribution in [2.75, 3.05) is 0 Å². The van der Waals surface area contributed by atoms with Crippen LogP contribution in [0.4, 0.5) is 17.6 Å². The Morgan fingerprint density at radius 3 is 2.07 bits per heavy atom. The third-order valence-corrected chi connectivity index (χ3v) is 6.78. The fourth-order valence-electron chi connectivity index (χ4n) is 5.02. The molecule has 2 aliphatic carbocycles. The molecule has 5 heteroatoms. The minimum absolute atomic E-state index is 0.248. The highest BCUT2D eigenvalue weighted by atomic mass is 19.3. The zero-order valence-corrected chi connectivity index (χ0v) is 16.0. The first-order chi connectivity index (χ1) is 12.9. The topological polar surface area (TPSA) is 9.23 Å². The van der Waals surface area contributed by atoms with Gasteiger partial charge in [-0.05, 0) is 73.8 Å². The van der Waals surface area contributed by atoms with E-state index in [2.05, 4.69) is 11.7 Å². The van der Waals surface area contributed by atoms with Gasteiger partial charge in [-0.25, -0.2) is 4.39 Å². The molecule has 2 fully saturated rings. The minimum atomic E-state index is -3.16. The van der Waals surface area contributed by atoms with E-state index in [0.29, 0.717) is 12.3 Å². The van der Waals surface area contributed by atoms with Crippen LogP contribution < -0.4 is 4.74 Å². The second-order valence-corrected chi connectivity index (χ2v) is 8.57. The monoisotopic (exact) mass is 386 g/mol. The lowest BCUT2D eigenvalue weighted by atomic mass is 9.69. The van der Waals surface area contributed by atoms with Gasteiger partial charge >= 0.3 is 6.61 Å². The summed E-state index contributed by atoms with van der Waals surface area (Å²) in [6.07, 6.45) is 11.5. The lowest BCUT2D eigenvalue weighted by Gasteiger charge is -2.37. The number of halogens is 4. The molecule has 0 spiro atoms. The summed E-state index contributed by atoms with van der Waals surface area (Å²) in [7, 11) is 0. The third kappa shape index (κ3) is 5.39. The number of benzene rings is 1. The van der Waals surface area contributed by atoms with Crippen molar-refractivity contribution in [2.24, 2.45) is 23.7 Å². The van der Waals surface area contributed by atoms with Gasteiger partial charge in [-0.3, -0.25) is 0 Å². The molecule has 3 rings (SSSR count). The van der Waals surface area contributed by atoms with Crippen LogP contribution in [-0.2, 0) is 6.42 Å². The van der Waals surface area contributed by atoms with Crippen LogP contribution in [0.3, 0.4) is 0 Å². The van der Waals surface area contributed by atoms with E-state index in [4.69, 9.17) is 0 Å². The predicted molar refractivity (Wildman–Crippen MR) is 97.9 cm³/mol. The van der Waals surface area contributed by atoms with E-state index in [1.807, 2.05) is 0 Å². The maximum Gasteiger partial charge on any atom is 0.387 e. The van der Waals surface area contributed by atoms with Gasteiger partial charge in [0.2, 0.25) is 5.82 Å². The summed E-state index contributed by atoms with van der Waals surface area (Å²) >= 11 is 0. The molecule has 0 aliphatic heterocycles. The molecule has 0 N–H and O–H groups in total. The highest BCUT2D eigenvalue weighted by Gasteiger charge is 2.30. The second-order valence-electron chi connectivity index (χ2n) is 8.57. The van der Waals surface area contributed by atoms with Crippen molar-refractivity contribution in [1.29, 1.82) is 0 Å². The average molecular weight is 386 g/mol. The normalized spacial score (nSPS) is 29.1. The maximum absolute atomic E-state index is 14.1. The molecule has 2 aliphatic rings. The van der Waals surface area contributed by atoms with Crippen LogP contribution in [0.25, 0.3) is 0 Å². The standard InChI is InChI=1S/C22H30F4O/c1-14-2-7-16(8-3-14)17-9-4-15(5-10-17)6-11-18-12-13-19(27-22(25)26)21(24)20(18)23/h12-17,22H,2-11H2,1H3/t14-,15-,16-,17-. The summed E-state index contributed by atoms with van der Waals surface area (Å²) in [6, 6.07) is 2.46. The van der Waals surface area contributed by atoms with Crippen LogP contribution in [0.2, 0.25) is 0 Å². The van der Waals surface area contributed by atoms with Gasteiger partial charge in [0, 0.05) is 0 Å². The largest absolute Gasteiger partial charge is 0.432 e. The molecule has 152 valence electrons. The van der Waals surface area contributed by atoms with Crippen LogP contribution in [0.15, 0.2) is 12.1 Å². The zero-order chi connectivity index (χ0) is 19.4. The first kappa shape index (κ1) is 20.5. The van der Waals surface area contributed by atoms with Crippen molar-refractivity contribution in [3.63, 3.8) is 0 Å². The van der Waals surface area contributed by atoms with Crippen molar-refractivity contribution < 1.29 is 22.3 Å². The molecule has 0 heterocycles. The Bertz CT molecular complexity index is 603. The predicted octanol–water partition coefficient (Wildman–Crippen LogP) is 7.13. The second kappa shape index (κ2) is 9.29. The van der Waals surface area contributed by atoms with Crippen molar-refractivity contribution >= 4 is 0 Å². The number of alkyl halides is 2. The van der Waals surface area contributed by atoms with Crippen molar-refractivity contribution in [3.8, 4) is 5.75 Å². The van der Waals surface area contributed by atoms with Crippen molar-refractivity contribution in [2.45, 2.75) is 77.7 Å². The quantitative estimate of drug-likeness (QED) is 0.473. The zero-order valence-electron chi connectivity index (χ0n) is 16.0. The SMILES string of the molecule is C[C@H]1CC[C@H]([C@H]2CC[C@H](CCc3ccc(OC(F)F)c(F)c3F)CC2)CC1. The summed E-state index contributed by atoms with van der Waals surface area (Å²) in [5, 5.41) is 0. The Labute approximate surface area is 159 Å². The Kier molecular flexibility index (Phi) is 7.04. The summed E-state index contributed by atoms with van der Waals surface area (Å²) in [5.74, 6) is 0.0492. The third-order valence-electron chi connectivity index (χ3n) is 6.78. The van der Waals surface area contributed by atoms with Gasteiger partial charge in [0.1, 0.15) is 0 Å². The molecule has 0 aromatic heterocycles. The van der Waals surface area contributed by atoms with Gasteiger partial charge in [0.25, 0.3) is 0 Å². The summed E-state index contributed by atoms with van der Waals surface area (Å²) in [5.41, 5.74) is 0.248.